The lowest BCUT2D eigenvalue weighted by molar-refractivity contribution is -0.143. The highest BCUT2D eigenvalue weighted by atomic mass is 16.4. The van der Waals surface area contributed by atoms with Crippen LogP contribution in [-0.4, -0.2) is 39.3 Å². The second kappa shape index (κ2) is 9.92. The number of hydrogen-bond donors (Lipinski definition) is 4. The molecule has 0 bridgehead atoms. The summed E-state index contributed by atoms with van der Waals surface area (Å²) in [6.45, 7) is 6.85. The molecule has 0 amide bonds. The normalized spacial score (nSPS) is 12.0. The van der Waals surface area contributed by atoms with Crippen molar-refractivity contribution in [2.75, 3.05) is 6.54 Å². The van der Waals surface area contributed by atoms with Crippen molar-refractivity contribution in [2.45, 2.75) is 45.3 Å². The van der Waals surface area contributed by atoms with Gasteiger partial charge in [-0.2, -0.15) is 0 Å². The lowest BCUT2D eigenvalue weighted by Crippen LogP contribution is -2.38. The first-order chi connectivity index (χ1) is 10.1. The van der Waals surface area contributed by atoms with Crippen molar-refractivity contribution >= 4 is 11.9 Å². The Morgan fingerprint density at radius 1 is 1.05 bits per heavy atom. The molecule has 22 heavy (non-hydrogen) atoms. The Kier molecular flexibility index (Phi) is 9.05. The zero-order valence-electron chi connectivity index (χ0n) is 13.2. The van der Waals surface area contributed by atoms with Gasteiger partial charge in [0.15, 0.2) is 0 Å². The van der Waals surface area contributed by atoms with Crippen LogP contribution in [0.25, 0.3) is 0 Å². The fourth-order valence-electron chi connectivity index (χ4n) is 1.41. The van der Waals surface area contributed by atoms with Gasteiger partial charge in [-0.05, 0) is 26.3 Å². The standard InChI is InChI=1S/C12H19NO.C4H6O4/c1-12(2,3)13-9-11(14)10-7-5-4-6-8-10;5-3(6)1-2-4(7)8/h4-8,11,13-14H,9H2,1-3H3;1-2H2,(H,5,6)(H,7,8). The van der Waals surface area contributed by atoms with E-state index in [9.17, 15) is 14.7 Å². The highest BCUT2D eigenvalue weighted by Gasteiger charge is 2.12. The minimum absolute atomic E-state index is 0.0513. The molecule has 4 N–H and O–H groups in total. The zero-order chi connectivity index (χ0) is 17.2. The van der Waals surface area contributed by atoms with Gasteiger partial charge in [-0.15, -0.1) is 0 Å². The first-order valence-corrected chi connectivity index (χ1v) is 7.03. The molecule has 124 valence electrons. The van der Waals surface area contributed by atoms with E-state index < -0.39 is 18.0 Å². The maximum Gasteiger partial charge on any atom is 0.303 e. The summed E-state index contributed by atoms with van der Waals surface area (Å²) in [4.78, 5) is 19.3. The number of hydrogen-bond acceptors (Lipinski definition) is 4. The Morgan fingerprint density at radius 2 is 1.50 bits per heavy atom. The molecule has 0 spiro atoms. The molecule has 0 heterocycles. The highest BCUT2D eigenvalue weighted by Crippen LogP contribution is 2.12. The zero-order valence-corrected chi connectivity index (χ0v) is 13.2. The van der Waals surface area contributed by atoms with Gasteiger partial charge in [0.05, 0.1) is 18.9 Å². The quantitative estimate of drug-likeness (QED) is 0.640. The summed E-state index contributed by atoms with van der Waals surface area (Å²) in [5, 5.41) is 28.9. The topological polar surface area (TPSA) is 107 Å². The lowest BCUT2D eigenvalue weighted by atomic mass is 10.1. The first kappa shape index (κ1) is 20.1. The minimum Gasteiger partial charge on any atom is -0.481 e. The molecule has 0 saturated heterocycles. The van der Waals surface area contributed by atoms with Crippen LogP contribution in [0, 0.1) is 0 Å². The smallest absolute Gasteiger partial charge is 0.303 e. The molecule has 0 aliphatic rings. The van der Waals surface area contributed by atoms with E-state index in [1.54, 1.807) is 0 Å². The molecular weight excluding hydrogens is 286 g/mol. The maximum absolute atomic E-state index is 9.82. The molecule has 0 fully saturated rings. The fraction of sp³-hybridized carbons (Fsp3) is 0.500. The maximum atomic E-state index is 9.82. The van der Waals surface area contributed by atoms with Crippen molar-refractivity contribution in [3.8, 4) is 0 Å². The van der Waals surface area contributed by atoms with Gasteiger partial charge in [-0.1, -0.05) is 30.3 Å². The number of aliphatic carboxylic acids is 2. The largest absolute Gasteiger partial charge is 0.481 e. The van der Waals surface area contributed by atoms with Crippen molar-refractivity contribution in [1.29, 1.82) is 0 Å². The number of benzene rings is 1. The second-order valence-electron chi connectivity index (χ2n) is 5.84. The van der Waals surface area contributed by atoms with Gasteiger partial charge in [-0.3, -0.25) is 9.59 Å². The number of carboxylic acids is 2. The summed E-state index contributed by atoms with van der Waals surface area (Å²) in [6, 6.07) is 9.71. The van der Waals surface area contributed by atoms with Crippen LogP contribution in [0.4, 0.5) is 0 Å². The fourth-order valence-corrected chi connectivity index (χ4v) is 1.41. The summed E-state index contributed by atoms with van der Waals surface area (Å²) in [5.74, 6) is -2.15. The Morgan fingerprint density at radius 3 is 1.86 bits per heavy atom. The number of carboxylic acid groups (broad SMARTS) is 2. The number of β-amino-alcohol motifs (C(OH)–C–C–N with tert-alkyl or cyclic N) is 1. The van der Waals surface area contributed by atoms with Crippen LogP contribution < -0.4 is 5.32 Å². The van der Waals surface area contributed by atoms with Gasteiger partial charge in [0.1, 0.15) is 0 Å². The summed E-state index contributed by atoms with van der Waals surface area (Å²) in [7, 11) is 0. The Balaban J connectivity index is 0.000000472. The number of carbonyl (C=O) groups is 2. The van der Waals surface area contributed by atoms with Crippen LogP contribution in [0.5, 0.6) is 0 Å². The number of nitrogens with one attached hydrogen (secondary N) is 1. The summed E-state index contributed by atoms with van der Waals surface area (Å²) in [5.41, 5.74) is 1.01. The Bertz CT molecular complexity index is 439. The van der Waals surface area contributed by atoms with Crippen molar-refractivity contribution in [1.82, 2.24) is 5.32 Å². The lowest BCUT2D eigenvalue weighted by Gasteiger charge is -2.23. The van der Waals surface area contributed by atoms with E-state index in [1.807, 2.05) is 30.3 Å². The molecule has 1 unspecified atom stereocenters. The molecule has 0 aliphatic carbocycles. The third-order valence-electron chi connectivity index (χ3n) is 2.56. The Hall–Kier alpha value is -1.92. The molecule has 0 radical (unpaired) electrons. The molecule has 0 aliphatic heterocycles. The molecule has 0 saturated carbocycles. The van der Waals surface area contributed by atoms with E-state index in [0.717, 1.165) is 5.56 Å². The van der Waals surface area contributed by atoms with E-state index in [4.69, 9.17) is 10.2 Å². The van der Waals surface area contributed by atoms with Gasteiger partial charge < -0.3 is 20.6 Å². The summed E-state index contributed by atoms with van der Waals surface area (Å²) in [6.07, 6.45) is -1.01. The average molecular weight is 311 g/mol. The van der Waals surface area contributed by atoms with Crippen LogP contribution in [0.15, 0.2) is 30.3 Å². The summed E-state index contributed by atoms with van der Waals surface area (Å²) >= 11 is 0. The van der Waals surface area contributed by atoms with Crippen molar-refractivity contribution < 1.29 is 24.9 Å². The van der Waals surface area contributed by atoms with Crippen LogP contribution in [0.1, 0.15) is 45.3 Å². The van der Waals surface area contributed by atoms with Crippen molar-refractivity contribution in [3.05, 3.63) is 35.9 Å². The highest BCUT2D eigenvalue weighted by molar-refractivity contribution is 5.75. The average Bonchev–Trinajstić information content (AvgIpc) is 2.43. The third-order valence-corrected chi connectivity index (χ3v) is 2.56. The first-order valence-electron chi connectivity index (χ1n) is 7.03. The number of rotatable bonds is 6. The predicted octanol–water partition coefficient (Wildman–Crippen LogP) is 2.04. The number of aliphatic hydroxyl groups is 1. The van der Waals surface area contributed by atoms with Gasteiger partial charge in [0.25, 0.3) is 0 Å². The SMILES string of the molecule is CC(C)(C)NCC(O)c1ccccc1.O=C(O)CCC(=O)O. The van der Waals surface area contributed by atoms with Crippen molar-refractivity contribution in [3.63, 3.8) is 0 Å². The molecule has 1 atom stereocenters. The van der Waals surface area contributed by atoms with Gasteiger partial charge in [0.2, 0.25) is 0 Å². The molecule has 1 rings (SSSR count). The monoisotopic (exact) mass is 311 g/mol. The van der Waals surface area contributed by atoms with Crippen LogP contribution >= 0.6 is 0 Å². The molecule has 6 heteroatoms. The van der Waals surface area contributed by atoms with E-state index >= 15 is 0 Å². The van der Waals surface area contributed by atoms with E-state index in [2.05, 4.69) is 26.1 Å². The summed E-state index contributed by atoms with van der Waals surface area (Å²) < 4.78 is 0. The Labute approximate surface area is 130 Å². The second-order valence-corrected chi connectivity index (χ2v) is 5.84. The molecule has 0 aromatic heterocycles. The van der Waals surface area contributed by atoms with Crippen molar-refractivity contribution in [2.24, 2.45) is 0 Å². The van der Waals surface area contributed by atoms with Crippen LogP contribution in [0.3, 0.4) is 0 Å². The van der Waals surface area contributed by atoms with Gasteiger partial charge in [-0.25, -0.2) is 0 Å². The van der Waals surface area contributed by atoms with Crippen LogP contribution in [-0.2, 0) is 9.59 Å². The minimum atomic E-state index is -1.08. The van der Waals surface area contributed by atoms with E-state index in [0.29, 0.717) is 6.54 Å². The molecular formula is C16H25NO5. The number of aliphatic hydroxyl groups excluding tert-OH is 1. The molecule has 1 aromatic rings. The molecule has 6 nitrogen and oxygen atoms in total. The van der Waals surface area contributed by atoms with Gasteiger partial charge >= 0.3 is 11.9 Å². The van der Waals surface area contributed by atoms with E-state index in [-0.39, 0.29) is 18.4 Å². The van der Waals surface area contributed by atoms with Gasteiger partial charge in [0, 0.05) is 12.1 Å². The molecule has 1 aromatic carbocycles. The van der Waals surface area contributed by atoms with Crippen LogP contribution in [0.2, 0.25) is 0 Å². The van der Waals surface area contributed by atoms with E-state index in [1.165, 1.54) is 0 Å². The predicted molar refractivity (Wildman–Crippen MR) is 83.7 cm³/mol. The third kappa shape index (κ3) is 11.9.